The zero-order valence-electron chi connectivity index (χ0n) is 22.3. The number of aromatic amines is 1. The van der Waals surface area contributed by atoms with Crippen molar-refractivity contribution in [1.82, 2.24) is 40.5 Å². The fourth-order valence-electron chi connectivity index (χ4n) is 4.39. The zero-order chi connectivity index (χ0) is 28.2. The van der Waals surface area contributed by atoms with Crippen LogP contribution in [0, 0.1) is 19.7 Å². The van der Waals surface area contributed by atoms with E-state index >= 15 is 0 Å². The molecule has 0 aliphatic carbocycles. The third-order valence-corrected chi connectivity index (χ3v) is 6.67. The Morgan fingerprint density at radius 1 is 1.07 bits per heavy atom. The quantitative estimate of drug-likeness (QED) is 0.283. The van der Waals surface area contributed by atoms with Crippen LogP contribution < -0.4 is 15.4 Å². The predicted molar refractivity (Wildman–Crippen MR) is 152 cm³/mol. The Labute approximate surface area is 235 Å². The number of imidazole rings is 1. The number of aromatic nitrogens is 5. The maximum atomic E-state index is 14.9. The molecule has 0 saturated carbocycles. The summed E-state index contributed by atoms with van der Waals surface area (Å²) in [5.41, 5.74) is 3.76. The first kappa shape index (κ1) is 27.2. The minimum absolute atomic E-state index is 0.0292. The lowest BCUT2D eigenvalue weighted by Gasteiger charge is -2.26. The van der Waals surface area contributed by atoms with Crippen molar-refractivity contribution in [3.05, 3.63) is 71.2 Å². The summed E-state index contributed by atoms with van der Waals surface area (Å²) in [6.45, 7) is 7.17. The van der Waals surface area contributed by atoms with Gasteiger partial charge in [0.2, 0.25) is 0 Å². The van der Waals surface area contributed by atoms with Crippen LogP contribution in [0.4, 0.5) is 9.18 Å². The number of nitrogens with zero attached hydrogens (tertiary/aromatic N) is 5. The Morgan fingerprint density at radius 3 is 2.60 bits per heavy atom. The third-order valence-electron chi connectivity index (χ3n) is 6.35. The number of ether oxygens (including phenoxy) is 1. The number of nitrogens with one attached hydrogen (secondary N) is 3. The molecule has 2 aromatic carbocycles. The highest BCUT2D eigenvalue weighted by Gasteiger charge is 2.16. The average molecular weight is 563 g/mol. The van der Waals surface area contributed by atoms with E-state index in [2.05, 4.69) is 35.6 Å². The van der Waals surface area contributed by atoms with E-state index in [1.54, 1.807) is 54.7 Å². The molecule has 3 N–H and O–H groups in total. The summed E-state index contributed by atoms with van der Waals surface area (Å²) in [5, 5.41) is 6.86. The highest BCUT2D eigenvalue weighted by molar-refractivity contribution is 6.33. The maximum Gasteiger partial charge on any atom is 0.322 e. The fraction of sp³-hybridized carbons (Fsp3) is 0.250. The number of aryl methyl sites for hydroxylation is 2. The Hall–Kier alpha value is -4.35. The fourth-order valence-corrected chi connectivity index (χ4v) is 4.67. The maximum absolute atomic E-state index is 14.9. The van der Waals surface area contributed by atoms with Crippen molar-refractivity contribution in [3.63, 3.8) is 0 Å². The molecule has 10 nitrogen and oxygen atoms in total. The molecule has 1 aliphatic rings. The summed E-state index contributed by atoms with van der Waals surface area (Å²) in [7, 11) is 1.66. The number of halogens is 2. The van der Waals surface area contributed by atoms with Crippen molar-refractivity contribution in [2.24, 2.45) is 0 Å². The summed E-state index contributed by atoms with van der Waals surface area (Å²) in [4.78, 5) is 33.0. The Balaban J connectivity index is 0.000000274. The monoisotopic (exact) mass is 562 g/mol. The van der Waals surface area contributed by atoms with Gasteiger partial charge in [0.05, 0.1) is 27.8 Å². The number of carbonyl (C=O) groups is 1. The molecule has 206 valence electrons. The molecule has 1 saturated heterocycles. The van der Waals surface area contributed by atoms with Crippen LogP contribution in [0.2, 0.25) is 5.02 Å². The highest BCUT2D eigenvalue weighted by Crippen LogP contribution is 2.36. The van der Waals surface area contributed by atoms with Crippen LogP contribution in [0.5, 0.6) is 11.8 Å². The predicted octanol–water partition coefficient (Wildman–Crippen LogP) is 5.00. The standard InChI is InChI=1S/C22H15ClFN5O.C6H13N3O/c1-11-5-6-25-22(27-11)30-13-3-4-14(17(23)7-13)15-8-16-19(9-18(15)24)26-10-20-21(16)29-12(2)28-20;1-7-6(10)9-4-2-8-3-5-9/h3-10H,1-2H3,(H,28,29);8H,2-5H2,1H3,(H,7,10). The van der Waals surface area contributed by atoms with Gasteiger partial charge in [-0.1, -0.05) is 11.6 Å². The minimum atomic E-state index is -0.417. The third kappa shape index (κ3) is 5.95. The first-order valence-corrected chi connectivity index (χ1v) is 13.1. The van der Waals surface area contributed by atoms with Crippen molar-refractivity contribution in [2.45, 2.75) is 13.8 Å². The van der Waals surface area contributed by atoms with Crippen LogP contribution in [0.15, 0.2) is 48.8 Å². The number of hydrogen-bond acceptors (Lipinski definition) is 7. The van der Waals surface area contributed by atoms with E-state index in [4.69, 9.17) is 16.3 Å². The van der Waals surface area contributed by atoms with Gasteiger partial charge in [-0.2, -0.15) is 0 Å². The molecule has 1 fully saturated rings. The van der Waals surface area contributed by atoms with E-state index in [1.807, 2.05) is 13.8 Å². The van der Waals surface area contributed by atoms with E-state index in [1.165, 1.54) is 6.07 Å². The van der Waals surface area contributed by atoms with Crippen LogP contribution in [-0.2, 0) is 0 Å². The van der Waals surface area contributed by atoms with E-state index in [0.29, 0.717) is 27.4 Å². The number of piperazine rings is 1. The normalized spacial score (nSPS) is 13.2. The van der Waals surface area contributed by atoms with Crippen molar-refractivity contribution >= 4 is 39.6 Å². The second-order valence-electron chi connectivity index (χ2n) is 9.21. The molecule has 12 heteroatoms. The van der Waals surface area contributed by atoms with Crippen molar-refractivity contribution in [3.8, 4) is 22.9 Å². The molecule has 0 bridgehead atoms. The van der Waals surface area contributed by atoms with Gasteiger partial charge in [0.15, 0.2) is 0 Å². The van der Waals surface area contributed by atoms with Crippen molar-refractivity contribution in [1.29, 1.82) is 0 Å². The second-order valence-corrected chi connectivity index (χ2v) is 9.62. The van der Waals surface area contributed by atoms with Gasteiger partial charge in [-0.25, -0.2) is 24.1 Å². The molecule has 40 heavy (non-hydrogen) atoms. The molecular formula is C28H28ClFN8O2. The second kappa shape index (κ2) is 11.8. The van der Waals surface area contributed by atoms with Crippen molar-refractivity contribution in [2.75, 3.05) is 33.2 Å². The van der Waals surface area contributed by atoms with Crippen LogP contribution in [-0.4, -0.2) is 69.1 Å². The summed E-state index contributed by atoms with van der Waals surface area (Å²) in [6, 6.07) is 10.2. The summed E-state index contributed by atoms with van der Waals surface area (Å²) in [5.74, 6) is 0.810. The summed E-state index contributed by atoms with van der Waals surface area (Å²) < 4.78 is 20.6. The first-order valence-electron chi connectivity index (χ1n) is 12.7. The lowest BCUT2D eigenvalue weighted by atomic mass is 10.0. The van der Waals surface area contributed by atoms with E-state index in [9.17, 15) is 9.18 Å². The zero-order valence-corrected chi connectivity index (χ0v) is 23.0. The number of rotatable bonds is 3. The van der Waals surface area contributed by atoms with Crippen LogP contribution >= 0.6 is 11.6 Å². The number of benzene rings is 2. The Morgan fingerprint density at radius 2 is 1.88 bits per heavy atom. The number of fused-ring (bicyclic) bond motifs is 3. The van der Waals surface area contributed by atoms with E-state index < -0.39 is 5.82 Å². The van der Waals surface area contributed by atoms with Gasteiger partial charge in [0.25, 0.3) is 0 Å². The van der Waals surface area contributed by atoms with Gasteiger partial charge in [-0.3, -0.25) is 4.98 Å². The SMILES string of the molecule is CNC(=O)N1CCNCC1.Cc1ccnc(Oc2ccc(-c3cc4c(cc3F)ncc3[nH]c(C)nc34)c(Cl)c2)n1. The highest BCUT2D eigenvalue weighted by atomic mass is 35.5. The Kier molecular flexibility index (Phi) is 8.04. The van der Waals surface area contributed by atoms with Crippen LogP contribution in [0.25, 0.3) is 33.1 Å². The van der Waals surface area contributed by atoms with E-state index in [0.717, 1.165) is 54.1 Å². The largest absolute Gasteiger partial charge is 0.424 e. The van der Waals surface area contributed by atoms with Crippen molar-refractivity contribution < 1.29 is 13.9 Å². The number of H-pyrrole nitrogens is 1. The molecule has 0 unspecified atom stereocenters. The smallest absolute Gasteiger partial charge is 0.322 e. The molecule has 0 radical (unpaired) electrons. The minimum Gasteiger partial charge on any atom is -0.424 e. The van der Waals surface area contributed by atoms with Gasteiger partial charge >= 0.3 is 12.0 Å². The van der Waals surface area contributed by atoms with E-state index in [-0.39, 0.29) is 12.0 Å². The topological polar surface area (TPSA) is 121 Å². The van der Waals surface area contributed by atoms with Gasteiger partial charge in [0, 0.05) is 73.8 Å². The first-order chi connectivity index (χ1) is 19.3. The number of carbonyl (C=O) groups excluding carboxylic acids is 1. The molecule has 3 aromatic heterocycles. The van der Waals surface area contributed by atoms with Gasteiger partial charge in [0.1, 0.15) is 17.4 Å². The lowest BCUT2D eigenvalue weighted by Crippen LogP contribution is -2.49. The molecule has 5 aromatic rings. The van der Waals surface area contributed by atoms with Crippen LogP contribution in [0.1, 0.15) is 11.5 Å². The number of pyridine rings is 1. The summed E-state index contributed by atoms with van der Waals surface area (Å²) >= 11 is 6.48. The lowest BCUT2D eigenvalue weighted by molar-refractivity contribution is 0.192. The molecule has 1 aliphatic heterocycles. The molecular weight excluding hydrogens is 535 g/mol. The number of hydrogen-bond donors (Lipinski definition) is 3. The number of amides is 2. The van der Waals surface area contributed by atoms with Gasteiger partial charge in [-0.05, 0) is 38.1 Å². The summed E-state index contributed by atoms with van der Waals surface area (Å²) in [6.07, 6.45) is 3.27. The Bertz CT molecular complexity index is 1690. The van der Waals surface area contributed by atoms with Gasteiger partial charge in [-0.15, -0.1) is 0 Å². The average Bonchev–Trinajstić information content (AvgIpc) is 3.34. The number of urea groups is 1. The molecule has 4 heterocycles. The van der Waals surface area contributed by atoms with Gasteiger partial charge < -0.3 is 25.3 Å². The molecule has 0 spiro atoms. The van der Waals surface area contributed by atoms with Crippen LogP contribution in [0.3, 0.4) is 0 Å². The molecule has 0 atom stereocenters. The molecule has 6 rings (SSSR count). The molecule has 2 amide bonds.